The van der Waals surface area contributed by atoms with E-state index in [1.54, 1.807) is 18.2 Å². The minimum atomic E-state index is -0.242. The molecular formula is C16H12Cl2N2O. The lowest BCUT2D eigenvalue weighted by Crippen LogP contribution is -2.11. The van der Waals surface area contributed by atoms with Crippen molar-refractivity contribution in [2.75, 3.05) is 0 Å². The Morgan fingerprint density at radius 3 is 2.57 bits per heavy atom. The van der Waals surface area contributed by atoms with E-state index in [9.17, 15) is 4.79 Å². The number of rotatable bonds is 1. The zero-order valence-corrected chi connectivity index (χ0v) is 13.0. The molecule has 5 heteroatoms. The van der Waals surface area contributed by atoms with Gasteiger partial charge in [0.2, 0.25) is 0 Å². The predicted molar refractivity (Wildman–Crippen MR) is 85.4 cm³/mol. The average Bonchev–Trinajstić information content (AvgIpc) is 2.84. The van der Waals surface area contributed by atoms with Gasteiger partial charge in [-0.05, 0) is 55.3 Å². The summed E-state index contributed by atoms with van der Waals surface area (Å²) in [6.45, 7) is 4.02. The van der Waals surface area contributed by atoms with Gasteiger partial charge in [-0.2, -0.15) is 0 Å². The Kier molecular flexibility index (Phi) is 3.47. The van der Waals surface area contributed by atoms with Crippen molar-refractivity contribution in [3.05, 3.63) is 63.4 Å². The summed E-state index contributed by atoms with van der Waals surface area (Å²) in [5, 5.41) is 0.842. The molecule has 0 fully saturated rings. The van der Waals surface area contributed by atoms with E-state index in [-0.39, 0.29) is 5.91 Å². The molecule has 0 spiro atoms. The number of imidazole rings is 1. The smallest absolute Gasteiger partial charge is 0.265 e. The molecule has 0 aliphatic carbocycles. The lowest BCUT2D eigenvalue weighted by molar-refractivity contribution is 0.0964. The second-order valence-corrected chi connectivity index (χ2v) is 5.81. The Balaban J connectivity index is 2.18. The van der Waals surface area contributed by atoms with Crippen LogP contribution in [0.15, 0.2) is 36.7 Å². The summed E-state index contributed by atoms with van der Waals surface area (Å²) >= 11 is 12.1. The van der Waals surface area contributed by atoms with Gasteiger partial charge in [-0.15, -0.1) is 0 Å². The molecule has 3 aromatic rings. The fourth-order valence-electron chi connectivity index (χ4n) is 2.22. The highest BCUT2D eigenvalue weighted by Gasteiger charge is 2.16. The topological polar surface area (TPSA) is 34.9 Å². The number of benzene rings is 2. The van der Waals surface area contributed by atoms with Gasteiger partial charge in [0.25, 0.3) is 5.91 Å². The average molecular weight is 319 g/mol. The van der Waals surface area contributed by atoms with Gasteiger partial charge in [0.1, 0.15) is 6.33 Å². The molecule has 0 amide bonds. The molecule has 1 heterocycles. The van der Waals surface area contributed by atoms with Crippen LogP contribution in [0, 0.1) is 13.8 Å². The molecule has 0 N–H and O–H groups in total. The summed E-state index contributed by atoms with van der Waals surface area (Å²) < 4.78 is 1.50. The maximum Gasteiger partial charge on any atom is 0.265 e. The maximum atomic E-state index is 12.7. The minimum absolute atomic E-state index is 0.242. The van der Waals surface area contributed by atoms with E-state index in [2.05, 4.69) is 4.98 Å². The van der Waals surface area contributed by atoms with Crippen molar-refractivity contribution in [3.8, 4) is 0 Å². The molecule has 106 valence electrons. The molecule has 0 unspecified atom stereocenters. The molecule has 2 aromatic carbocycles. The Bertz CT molecular complexity index is 868. The molecule has 3 rings (SSSR count). The number of carbonyl (C=O) groups is 1. The zero-order chi connectivity index (χ0) is 15.1. The van der Waals surface area contributed by atoms with Gasteiger partial charge in [0.05, 0.1) is 21.6 Å². The Morgan fingerprint density at radius 2 is 1.81 bits per heavy atom. The highest BCUT2D eigenvalue weighted by atomic mass is 35.5. The lowest BCUT2D eigenvalue weighted by Gasteiger charge is -2.07. The Morgan fingerprint density at radius 1 is 1.10 bits per heavy atom. The summed E-state index contributed by atoms with van der Waals surface area (Å²) in [4.78, 5) is 17.0. The molecule has 1 aromatic heterocycles. The number of hydrogen-bond acceptors (Lipinski definition) is 2. The van der Waals surface area contributed by atoms with Crippen molar-refractivity contribution in [3.63, 3.8) is 0 Å². The normalized spacial score (nSPS) is 11.0. The van der Waals surface area contributed by atoms with Crippen LogP contribution in [0.5, 0.6) is 0 Å². The molecule has 21 heavy (non-hydrogen) atoms. The first-order valence-corrected chi connectivity index (χ1v) is 7.17. The first-order chi connectivity index (χ1) is 9.97. The molecule has 0 radical (unpaired) electrons. The van der Waals surface area contributed by atoms with E-state index in [4.69, 9.17) is 23.2 Å². The van der Waals surface area contributed by atoms with Crippen LogP contribution in [0.4, 0.5) is 0 Å². The van der Waals surface area contributed by atoms with E-state index in [0.29, 0.717) is 15.6 Å². The summed E-state index contributed by atoms with van der Waals surface area (Å²) in [6, 6.07) is 8.76. The number of aromatic nitrogens is 2. The standard InChI is InChI=1S/C16H12Cl2N2O/c1-9-5-14-15(6-10(9)2)20(8-19-14)16(21)12-7-11(17)3-4-13(12)18/h3-8H,1-2H3. The van der Waals surface area contributed by atoms with E-state index in [1.807, 2.05) is 26.0 Å². The second-order valence-electron chi connectivity index (χ2n) is 4.97. The fourth-order valence-corrected chi connectivity index (χ4v) is 2.59. The Labute approximate surface area is 132 Å². The van der Waals surface area contributed by atoms with Crippen molar-refractivity contribution < 1.29 is 4.79 Å². The van der Waals surface area contributed by atoms with E-state index >= 15 is 0 Å². The van der Waals surface area contributed by atoms with Gasteiger partial charge in [-0.25, -0.2) is 4.98 Å². The summed E-state index contributed by atoms with van der Waals surface area (Å²) in [7, 11) is 0. The summed E-state index contributed by atoms with van der Waals surface area (Å²) in [5.41, 5.74) is 4.15. The van der Waals surface area contributed by atoms with Gasteiger partial charge >= 0.3 is 0 Å². The van der Waals surface area contributed by atoms with Crippen LogP contribution in [-0.4, -0.2) is 15.5 Å². The van der Waals surface area contributed by atoms with Crippen molar-refractivity contribution in [1.82, 2.24) is 9.55 Å². The van der Waals surface area contributed by atoms with Crippen LogP contribution < -0.4 is 0 Å². The first kappa shape index (κ1) is 14.1. The molecule has 0 aliphatic heterocycles. The molecule has 3 nitrogen and oxygen atoms in total. The third-order valence-electron chi connectivity index (χ3n) is 3.54. The van der Waals surface area contributed by atoms with Gasteiger partial charge < -0.3 is 0 Å². The van der Waals surface area contributed by atoms with Gasteiger partial charge in [-0.1, -0.05) is 23.2 Å². The third-order valence-corrected chi connectivity index (χ3v) is 4.11. The highest BCUT2D eigenvalue weighted by molar-refractivity contribution is 6.36. The monoisotopic (exact) mass is 318 g/mol. The van der Waals surface area contributed by atoms with E-state index in [1.165, 1.54) is 10.9 Å². The minimum Gasteiger partial charge on any atom is -0.268 e. The highest BCUT2D eigenvalue weighted by Crippen LogP contribution is 2.24. The number of halogens is 2. The quantitative estimate of drug-likeness (QED) is 0.654. The van der Waals surface area contributed by atoms with Crippen LogP contribution in [0.25, 0.3) is 11.0 Å². The van der Waals surface area contributed by atoms with Gasteiger partial charge in [0, 0.05) is 5.02 Å². The summed E-state index contributed by atoms with van der Waals surface area (Å²) in [5.74, 6) is -0.242. The number of carbonyl (C=O) groups excluding carboxylic acids is 1. The summed E-state index contributed by atoms with van der Waals surface area (Å²) in [6.07, 6.45) is 1.52. The van der Waals surface area contributed by atoms with Crippen LogP contribution in [0.2, 0.25) is 10.0 Å². The lowest BCUT2D eigenvalue weighted by atomic mass is 10.1. The van der Waals surface area contributed by atoms with Crippen LogP contribution in [-0.2, 0) is 0 Å². The molecule has 0 atom stereocenters. The molecular weight excluding hydrogens is 307 g/mol. The third kappa shape index (κ3) is 2.43. The van der Waals surface area contributed by atoms with E-state index in [0.717, 1.165) is 22.2 Å². The van der Waals surface area contributed by atoms with Gasteiger partial charge in [-0.3, -0.25) is 9.36 Å². The van der Waals surface area contributed by atoms with Crippen molar-refractivity contribution in [1.29, 1.82) is 0 Å². The van der Waals surface area contributed by atoms with Crippen molar-refractivity contribution >= 4 is 40.1 Å². The zero-order valence-electron chi connectivity index (χ0n) is 11.5. The van der Waals surface area contributed by atoms with Crippen LogP contribution >= 0.6 is 23.2 Å². The fraction of sp³-hybridized carbons (Fsp3) is 0.125. The Hall–Kier alpha value is -1.84. The number of hydrogen-bond donors (Lipinski definition) is 0. The van der Waals surface area contributed by atoms with Crippen LogP contribution in [0.1, 0.15) is 21.5 Å². The number of aryl methyl sites for hydroxylation is 2. The molecule has 0 aliphatic rings. The number of nitrogens with zero attached hydrogens (tertiary/aromatic N) is 2. The molecule has 0 saturated heterocycles. The molecule has 0 saturated carbocycles. The van der Waals surface area contributed by atoms with Crippen LogP contribution in [0.3, 0.4) is 0 Å². The number of fused-ring (bicyclic) bond motifs is 1. The SMILES string of the molecule is Cc1cc2ncn(C(=O)c3cc(Cl)ccc3Cl)c2cc1C. The van der Waals surface area contributed by atoms with Crippen molar-refractivity contribution in [2.45, 2.75) is 13.8 Å². The first-order valence-electron chi connectivity index (χ1n) is 6.41. The van der Waals surface area contributed by atoms with Crippen molar-refractivity contribution in [2.24, 2.45) is 0 Å². The largest absolute Gasteiger partial charge is 0.268 e. The van der Waals surface area contributed by atoms with E-state index < -0.39 is 0 Å². The predicted octanol–water partition coefficient (Wildman–Crippen LogP) is 4.65. The molecule has 0 bridgehead atoms. The second kappa shape index (κ2) is 5.17. The van der Waals surface area contributed by atoms with Gasteiger partial charge in [0.15, 0.2) is 0 Å². The maximum absolute atomic E-state index is 12.7.